The molecule has 1 N–H and O–H groups in total. The van der Waals surface area contributed by atoms with Crippen molar-refractivity contribution in [2.45, 2.75) is 19.3 Å². The molecule has 0 aliphatic rings. The number of hydrogen-bond acceptors (Lipinski definition) is 4. The molecule has 0 aliphatic heterocycles. The zero-order chi connectivity index (χ0) is 11.1. The lowest BCUT2D eigenvalue weighted by Crippen LogP contribution is -2.31. The largest absolute Gasteiger partial charge is 0.355 e. The van der Waals surface area contributed by atoms with Crippen LogP contribution < -0.4 is 5.32 Å². The van der Waals surface area contributed by atoms with Gasteiger partial charge in [-0.15, -0.1) is 0 Å². The Kier molecular flexibility index (Phi) is 5.25. The van der Waals surface area contributed by atoms with Gasteiger partial charge in [0.2, 0.25) is 0 Å². The van der Waals surface area contributed by atoms with Crippen LogP contribution in [0.4, 0.5) is 0 Å². The quantitative estimate of drug-likeness (QED) is 0.720. The summed E-state index contributed by atoms with van der Waals surface area (Å²) in [6, 6.07) is 6.07. The van der Waals surface area contributed by atoms with E-state index in [1.54, 1.807) is 20.4 Å². The van der Waals surface area contributed by atoms with Gasteiger partial charge in [0, 0.05) is 33.0 Å². The van der Waals surface area contributed by atoms with E-state index in [0.717, 1.165) is 5.69 Å². The number of pyridine rings is 1. The molecule has 0 aromatic carbocycles. The van der Waals surface area contributed by atoms with Gasteiger partial charge in [0.1, 0.15) is 0 Å². The molecule has 1 aromatic heterocycles. The normalized spacial score (nSPS) is 13.1. The summed E-state index contributed by atoms with van der Waals surface area (Å²) < 4.78 is 10.2. The van der Waals surface area contributed by atoms with Crippen molar-refractivity contribution in [3.63, 3.8) is 0 Å². The van der Waals surface area contributed by atoms with Crippen molar-refractivity contribution in [1.29, 1.82) is 0 Å². The third-order valence-electron chi connectivity index (χ3n) is 2.25. The van der Waals surface area contributed by atoms with Gasteiger partial charge in [-0.05, 0) is 19.1 Å². The first kappa shape index (κ1) is 12.1. The molecule has 1 rings (SSSR count). The van der Waals surface area contributed by atoms with E-state index in [1.165, 1.54) is 0 Å². The minimum Gasteiger partial charge on any atom is -0.355 e. The lowest BCUT2D eigenvalue weighted by Gasteiger charge is -2.18. The predicted octanol–water partition coefficient (Wildman–Crippen LogP) is 1.35. The molecule has 0 fully saturated rings. The Morgan fingerprint density at radius 3 is 2.60 bits per heavy atom. The van der Waals surface area contributed by atoms with Gasteiger partial charge >= 0.3 is 0 Å². The van der Waals surface area contributed by atoms with Crippen LogP contribution >= 0.6 is 0 Å². The summed E-state index contributed by atoms with van der Waals surface area (Å²) >= 11 is 0. The summed E-state index contributed by atoms with van der Waals surface area (Å²) in [4.78, 5) is 4.26. The van der Waals surface area contributed by atoms with E-state index < -0.39 is 0 Å². The average molecular weight is 210 g/mol. The fourth-order valence-electron chi connectivity index (χ4n) is 1.27. The minimum atomic E-state index is -0.212. The van der Waals surface area contributed by atoms with E-state index in [9.17, 15) is 0 Å². The van der Waals surface area contributed by atoms with Crippen molar-refractivity contribution in [2.75, 3.05) is 20.8 Å². The first-order valence-corrected chi connectivity index (χ1v) is 4.97. The standard InChI is InChI=1S/C11H18N2O2/c1-9(10-6-4-5-7-12-10)13-8-11(14-2)15-3/h4-7,9,11,13H,8H2,1-3H3. The van der Waals surface area contributed by atoms with Crippen LogP contribution in [-0.2, 0) is 9.47 Å². The molecule has 4 nitrogen and oxygen atoms in total. The van der Waals surface area contributed by atoms with Crippen LogP contribution in [0.1, 0.15) is 18.7 Å². The van der Waals surface area contributed by atoms with Gasteiger partial charge < -0.3 is 14.8 Å². The number of aromatic nitrogens is 1. The van der Waals surface area contributed by atoms with E-state index in [-0.39, 0.29) is 12.3 Å². The van der Waals surface area contributed by atoms with Crippen LogP contribution in [0, 0.1) is 0 Å². The zero-order valence-corrected chi connectivity index (χ0v) is 9.43. The highest BCUT2D eigenvalue weighted by Gasteiger charge is 2.09. The summed E-state index contributed by atoms with van der Waals surface area (Å²) in [7, 11) is 3.25. The molecule has 0 saturated carbocycles. The van der Waals surface area contributed by atoms with Crippen molar-refractivity contribution in [1.82, 2.24) is 10.3 Å². The van der Waals surface area contributed by atoms with Crippen LogP contribution in [0.15, 0.2) is 24.4 Å². The van der Waals surface area contributed by atoms with Gasteiger partial charge in [-0.25, -0.2) is 0 Å². The number of nitrogens with one attached hydrogen (secondary N) is 1. The van der Waals surface area contributed by atoms with Crippen molar-refractivity contribution < 1.29 is 9.47 Å². The fraction of sp³-hybridized carbons (Fsp3) is 0.545. The summed E-state index contributed by atoms with van der Waals surface area (Å²) in [5.74, 6) is 0. The third-order valence-corrected chi connectivity index (χ3v) is 2.25. The molecule has 84 valence electrons. The second-order valence-electron chi connectivity index (χ2n) is 3.29. The molecule has 0 amide bonds. The molecule has 0 radical (unpaired) electrons. The van der Waals surface area contributed by atoms with E-state index in [0.29, 0.717) is 6.54 Å². The first-order valence-electron chi connectivity index (χ1n) is 4.97. The Bertz CT molecular complexity index is 263. The smallest absolute Gasteiger partial charge is 0.169 e. The summed E-state index contributed by atoms with van der Waals surface area (Å²) in [5, 5.41) is 3.29. The Morgan fingerprint density at radius 1 is 1.33 bits per heavy atom. The highest BCUT2D eigenvalue weighted by Crippen LogP contribution is 2.07. The predicted molar refractivity (Wildman–Crippen MR) is 58.5 cm³/mol. The van der Waals surface area contributed by atoms with Crippen molar-refractivity contribution in [3.8, 4) is 0 Å². The molecule has 15 heavy (non-hydrogen) atoms. The van der Waals surface area contributed by atoms with Crippen LogP contribution in [0.5, 0.6) is 0 Å². The monoisotopic (exact) mass is 210 g/mol. The molecule has 1 heterocycles. The Morgan fingerprint density at radius 2 is 2.07 bits per heavy atom. The van der Waals surface area contributed by atoms with E-state index in [1.807, 2.05) is 18.2 Å². The van der Waals surface area contributed by atoms with E-state index in [2.05, 4.69) is 17.2 Å². The fourth-order valence-corrected chi connectivity index (χ4v) is 1.27. The number of nitrogens with zero attached hydrogens (tertiary/aromatic N) is 1. The number of hydrogen-bond donors (Lipinski definition) is 1. The number of ether oxygens (including phenoxy) is 2. The molecule has 0 spiro atoms. The van der Waals surface area contributed by atoms with E-state index >= 15 is 0 Å². The second-order valence-corrected chi connectivity index (χ2v) is 3.29. The number of methoxy groups -OCH3 is 2. The van der Waals surface area contributed by atoms with E-state index in [4.69, 9.17) is 9.47 Å². The molecule has 0 saturated heterocycles. The first-order chi connectivity index (χ1) is 7.27. The van der Waals surface area contributed by atoms with Gasteiger partial charge in [0.05, 0.1) is 5.69 Å². The highest BCUT2D eigenvalue weighted by atomic mass is 16.7. The van der Waals surface area contributed by atoms with Gasteiger partial charge in [0.25, 0.3) is 0 Å². The number of rotatable bonds is 6. The Labute approximate surface area is 90.6 Å². The van der Waals surface area contributed by atoms with Crippen molar-refractivity contribution >= 4 is 0 Å². The van der Waals surface area contributed by atoms with Crippen molar-refractivity contribution in [3.05, 3.63) is 30.1 Å². The lowest BCUT2D eigenvalue weighted by molar-refractivity contribution is -0.0997. The van der Waals surface area contributed by atoms with Crippen LogP contribution in [-0.4, -0.2) is 32.0 Å². The van der Waals surface area contributed by atoms with Gasteiger partial charge in [-0.1, -0.05) is 6.07 Å². The molecule has 0 bridgehead atoms. The highest BCUT2D eigenvalue weighted by molar-refractivity contribution is 5.07. The molecule has 1 aromatic rings. The maximum Gasteiger partial charge on any atom is 0.169 e. The molecule has 1 atom stereocenters. The Hall–Kier alpha value is -0.970. The SMILES string of the molecule is COC(CNC(C)c1ccccn1)OC. The Balaban J connectivity index is 2.39. The summed E-state index contributed by atoms with van der Waals surface area (Å²) in [6.07, 6.45) is 1.58. The average Bonchev–Trinajstić information content (AvgIpc) is 2.31. The second kappa shape index (κ2) is 6.50. The zero-order valence-electron chi connectivity index (χ0n) is 9.43. The minimum absolute atomic E-state index is 0.194. The maximum atomic E-state index is 5.08. The van der Waals surface area contributed by atoms with Crippen LogP contribution in [0.3, 0.4) is 0 Å². The van der Waals surface area contributed by atoms with Gasteiger partial charge in [0.15, 0.2) is 6.29 Å². The van der Waals surface area contributed by atoms with Gasteiger partial charge in [-0.2, -0.15) is 0 Å². The maximum absolute atomic E-state index is 5.08. The van der Waals surface area contributed by atoms with Gasteiger partial charge in [-0.3, -0.25) is 4.98 Å². The molecule has 1 unspecified atom stereocenters. The topological polar surface area (TPSA) is 43.4 Å². The molecular formula is C11H18N2O2. The third kappa shape index (κ3) is 3.95. The van der Waals surface area contributed by atoms with Crippen LogP contribution in [0.25, 0.3) is 0 Å². The van der Waals surface area contributed by atoms with Crippen LogP contribution in [0.2, 0.25) is 0 Å². The molecule has 4 heteroatoms. The molecule has 0 aliphatic carbocycles. The lowest BCUT2D eigenvalue weighted by atomic mass is 10.2. The van der Waals surface area contributed by atoms with Crippen molar-refractivity contribution in [2.24, 2.45) is 0 Å². The molecular weight excluding hydrogens is 192 g/mol. The summed E-state index contributed by atoms with van der Waals surface area (Å²) in [6.45, 7) is 2.70. The summed E-state index contributed by atoms with van der Waals surface area (Å²) in [5.41, 5.74) is 1.02.